The second kappa shape index (κ2) is 7.99. The molecule has 19 heavy (non-hydrogen) atoms. The normalized spacial score (nSPS) is 18.3. The quantitative estimate of drug-likeness (QED) is 0.879. The van der Waals surface area contributed by atoms with Crippen molar-refractivity contribution in [3.63, 3.8) is 0 Å². The number of amides is 1. The summed E-state index contributed by atoms with van der Waals surface area (Å²) in [4.78, 5) is 11.8. The summed E-state index contributed by atoms with van der Waals surface area (Å²) < 4.78 is 10.5. The van der Waals surface area contributed by atoms with Crippen LogP contribution in [0.2, 0.25) is 0 Å². The number of rotatable bonds is 4. The van der Waals surface area contributed by atoms with Gasteiger partial charge in [0.1, 0.15) is 5.75 Å². The number of benzene rings is 1. The topological polar surface area (TPSA) is 59.6 Å². The molecule has 0 aliphatic carbocycles. The van der Waals surface area contributed by atoms with E-state index >= 15 is 0 Å². The number of carbonyl (C=O) groups is 1. The second-order valence-corrected chi connectivity index (χ2v) is 4.18. The van der Waals surface area contributed by atoms with E-state index in [4.69, 9.17) is 9.47 Å². The smallest absolute Gasteiger partial charge is 0.227 e. The lowest BCUT2D eigenvalue weighted by Gasteiger charge is -2.23. The molecule has 0 saturated carbocycles. The van der Waals surface area contributed by atoms with Gasteiger partial charge in [-0.25, -0.2) is 0 Å². The molecule has 1 aromatic carbocycles. The van der Waals surface area contributed by atoms with E-state index in [1.807, 2.05) is 24.3 Å². The Morgan fingerprint density at radius 3 is 2.79 bits per heavy atom. The van der Waals surface area contributed by atoms with Gasteiger partial charge in [0.2, 0.25) is 5.91 Å². The zero-order valence-corrected chi connectivity index (χ0v) is 11.7. The summed E-state index contributed by atoms with van der Waals surface area (Å²) in [6.07, 6.45) is 0.343. The fourth-order valence-corrected chi connectivity index (χ4v) is 1.84. The van der Waals surface area contributed by atoms with Gasteiger partial charge in [-0.2, -0.15) is 0 Å². The highest BCUT2D eigenvalue weighted by Gasteiger charge is 2.17. The maximum atomic E-state index is 11.8. The van der Waals surface area contributed by atoms with Crippen molar-refractivity contribution in [2.75, 3.05) is 32.1 Å². The Morgan fingerprint density at radius 2 is 2.21 bits per heavy atom. The van der Waals surface area contributed by atoms with Crippen LogP contribution >= 0.6 is 12.4 Å². The molecule has 1 atom stereocenters. The molecule has 1 aliphatic heterocycles. The number of hydrogen-bond donors (Lipinski definition) is 2. The largest absolute Gasteiger partial charge is 0.497 e. The average Bonchev–Trinajstić information content (AvgIpc) is 2.40. The van der Waals surface area contributed by atoms with E-state index in [2.05, 4.69) is 10.6 Å². The van der Waals surface area contributed by atoms with Gasteiger partial charge < -0.3 is 20.1 Å². The van der Waals surface area contributed by atoms with E-state index in [1.54, 1.807) is 7.11 Å². The van der Waals surface area contributed by atoms with Crippen molar-refractivity contribution in [2.45, 2.75) is 12.5 Å². The maximum absolute atomic E-state index is 11.8. The first-order valence-corrected chi connectivity index (χ1v) is 6.04. The van der Waals surface area contributed by atoms with Crippen molar-refractivity contribution in [2.24, 2.45) is 0 Å². The predicted octanol–water partition coefficient (Wildman–Crippen LogP) is 1.43. The van der Waals surface area contributed by atoms with Crippen LogP contribution in [0.4, 0.5) is 5.69 Å². The highest BCUT2D eigenvalue weighted by atomic mass is 35.5. The number of ether oxygens (including phenoxy) is 2. The lowest BCUT2D eigenvalue weighted by molar-refractivity contribution is -0.119. The Morgan fingerprint density at radius 1 is 1.47 bits per heavy atom. The predicted molar refractivity (Wildman–Crippen MR) is 76.1 cm³/mol. The third kappa shape index (κ3) is 5.06. The van der Waals surface area contributed by atoms with Crippen LogP contribution in [0.15, 0.2) is 24.3 Å². The van der Waals surface area contributed by atoms with Gasteiger partial charge >= 0.3 is 0 Å². The number of halogens is 1. The van der Waals surface area contributed by atoms with Gasteiger partial charge in [-0.1, -0.05) is 0 Å². The molecular weight excluding hydrogens is 268 g/mol. The van der Waals surface area contributed by atoms with Crippen LogP contribution in [0, 0.1) is 0 Å². The van der Waals surface area contributed by atoms with Gasteiger partial charge in [-0.3, -0.25) is 4.79 Å². The van der Waals surface area contributed by atoms with Gasteiger partial charge in [-0.05, 0) is 24.3 Å². The highest BCUT2D eigenvalue weighted by molar-refractivity contribution is 5.91. The maximum Gasteiger partial charge on any atom is 0.227 e. The molecule has 0 spiro atoms. The van der Waals surface area contributed by atoms with Gasteiger partial charge in [0.15, 0.2) is 0 Å². The summed E-state index contributed by atoms with van der Waals surface area (Å²) in [5, 5.41) is 6.04. The van der Waals surface area contributed by atoms with Gasteiger partial charge in [-0.15, -0.1) is 12.4 Å². The first-order chi connectivity index (χ1) is 8.78. The molecule has 0 aromatic heterocycles. The zero-order chi connectivity index (χ0) is 12.8. The SMILES string of the molecule is COc1ccc(NC(=O)CC2CNCCO2)cc1.Cl. The molecule has 1 aliphatic rings. The van der Waals surface area contributed by atoms with E-state index in [1.165, 1.54) is 0 Å². The van der Waals surface area contributed by atoms with E-state index in [0.717, 1.165) is 24.5 Å². The van der Waals surface area contributed by atoms with Crippen LogP contribution in [0.25, 0.3) is 0 Å². The van der Waals surface area contributed by atoms with E-state index in [9.17, 15) is 4.79 Å². The van der Waals surface area contributed by atoms with Gasteiger partial charge in [0, 0.05) is 18.8 Å². The minimum Gasteiger partial charge on any atom is -0.497 e. The van der Waals surface area contributed by atoms with Crippen molar-refractivity contribution in [1.82, 2.24) is 5.32 Å². The summed E-state index contributed by atoms with van der Waals surface area (Å²) in [7, 11) is 1.61. The molecule has 6 heteroatoms. The lowest BCUT2D eigenvalue weighted by atomic mass is 10.2. The highest BCUT2D eigenvalue weighted by Crippen LogP contribution is 2.15. The number of nitrogens with one attached hydrogen (secondary N) is 2. The Hall–Kier alpha value is -1.30. The molecule has 106 valence electrons. The minimum atomic E-state index is -0.0335. The monoisotopic (exact) mass is 286 g/mol. The first-order valence-electron chi connectivity index (χ1n) is 6.04. The zero-order valence-electron chi connectivity index (χ0n) is 10.8. The van der Waals surface area contributed by atoms with Crippen LogP contribution in [0.3, 0.4) is 0 Å². The average molecular weight is 287 g/mol. The summed E-state index contributed by atoms with van der Waals surface area (Å²) >= 11 is 0. The van der Waals surface area contributed by atoms with Crippen LogP contribution in [0.1, 0.15) is 6.42 Å². The molecule has 5 nitrogen and oxygen atoms in total. The van der Waals surface area contributed by atoms with Crippen LogP contribution in [-0.4, -0.2) is 38.8 Å². The Kier molecular flexibility index (Phi) is 6.62. The molecule has 2 N–H and O–H groups in total. The van der Waals surface area contributed by atoms with E-state index < -0.39 is 0 Å². The van der Waals surface area contributed by atoms with E-state index in [0.29, 0.717) is 13.0 Å². The fraction of sp³-hybridized carbons (Fsp3) is 0.462. The number of hydrogen-bond acceptors (Lipinski definition) is 4. The summed E-state index contributed by atoms with van der Waals surface area (Å²) in [5.74, 6) is 0.738. The van der Waals surface area contributed by atoms with Crippen molar-refractivity contribution >= 4 is 24.0 Å². The first kappa shape index (κ1) is 15.8. The Balaban J connectivity index is 0.00000180. The molecule has 0 radical (unpaired) electrons. The van der Waals surface area contributed by atoms with Crippen LogP contribution < -0.4 is 15.4 Å². The number of methoxy groups -OCH3 is 1. The minimum absolute atomic E-state index is 0. The molecule has 1 aromatic rings. The molecule has 1 amide bonds. The molecule has 2 rings (SSSR count). The second-order valence-electron chi connectivity index (χ2n) is 4.18. The third-order valence-corrected chi connectivity index (χ3v) is 2.79. The lowest BCUT2D eigenvalue weighted by Crippen LogP contribution is -2.40. The standard InChI is InChI=1S/C13H18N2O3.ClH/c1-17-11-4-2-10(3-5-11)15-13(16)8-12-9-14-6-7-18-12;/h2-5,12,14H,6-9H2,1H3,(H,15,16);1H. The molecular formula is C13H19ClN2O3. The van der Waals surface area contributed by atoms with Crippen molar-refractivity contribution in [3.8, 4) is 5.75 Å². The van der Waals surface area contributed by atoms with Gasteiger partial charge in [0.05, 0.1) is 26.2 Å². The van der Waals surface area contributed by atoms with Crippen molar-refractivity contribution in [3.05, 3.63) is 24.3 Å². The molecule has 1 fully saturated rings. The van der Waals surface area contributed by atoms with Crippen molar-refractivity contribution < 1.29 is 14.3 Å². The number of carbonyl (C=O) groups excluding carboxylic acids is 1. The third-order valence-electron chi connectivity index (χ3n) is 2.79. The molecule has 1 heterocycles. The number of anilines is 1. The molecule has 1 unspecified atom stereocenters. The van der Waals surface area contributed by atoms with Crippen LogP contribution in [0.5, 0.6) is 5.75 Å². The summed E-state index contributed by atoms with van der Waals surface area (Å²) in [6, 6.07) is 7.26. The van der Waals surface area contributed by atoms with Gasteiger partial charge in [0.25, 0.3) is 0 Å². The van der Waals surface area contributed by atoms with E-state index in [-0.39, 0.29) is 24.4 Å². The number of morpholine rings is 1. The molecule has 1 saturated heterocycles. The Labute approximate surface area is 119 Å². The van der Waals surface area contributed by atoms with Crippen molar-refractivity contribution in [1.29, 1.82) is 0 Å². The van der Waals surface area contributed by atoms with Crippen LogP contribution in [-0.2, 0) is 9.53 Å². The summed E-state index contributed by atoms with van der Waals surface area (Å²) in [5.41, 5.74) is 0.768. The summed E-state index contributed by atoms with van der Waals surface area (Å²) in [6.45, 7) is 2.26. The molecule has 0 bridgehead atoms. The fourth-order valence-electron chi connectivity index (χ4n) is 1.84. The Bertz CT molecular complexity index is 391.